The summed E-state index contributed by atoms with van der Waals surface area (Å²) in [6, 6.07) is 0. The Morgan fingerprint density at radius 2 is 1.89 bits per heavy atom. The summed E-state index contributed by atoms with van der Waals surface area (Å²) in [4.78, 5) is 10.8. The van der Waals surface area contributed by atoms with E-state index in [0.29, 0.717) is 30.9 Å². The fraction of sp³-hybridized carbons (Fsp3) is 0.929. The normalized spacial score (nSPS) is 36.4. The van der Waals surface area contributed by atoms with Crippen LogP contribution in [-0.4, -0.2) is 31.5 Å². The van der Waals surface area contributed by atoms with E-state index in [9.17, 15) is 4.79 Å². The fourth-order valence-corrected chi connectivity index (χ4v) is 2.55. The first kappa shape index (κ1) is 15.4. The molecule has 0 aliphatic carbocycles. The van der Waals surface area contributed by atoms with Crippen molar-refractivity contribution in [2.24, 2.45) is 17.8 Å². The number of rotatable bonds is 5. The molecule has 1 fully saturated rings. The van der Waals surface area contributed by atoms with Gasteiger partial charge in [-0.2, -0.15) is 0 Å². The van der Waals surface area contributed by atoms with Gasteiger partial charge in [0.25, 0.3) is 0 Å². The number of hydrogen-bond donors (Lipinski definition) is 1. The third-order valence-corrected chi connectivity index (χ3v) is 4.14. The first-order valence-electron chi connectivity index (χ1n) is 6.98. The first-order valence-corrected chi connectivity index (χ1v) is 6.98. The molecule has 106 valence electrons. The van der Waals surface area contributed by atoms with Gasteiger partial charge in [0.05, 0.1) is 12.7 Å². The Bertz CT molecular complexity index is 268. The SMILES string of the molecule is CCC1O[C@H](OCCNC(C)=O)[C@H](C)C(C)[C@H]1C. The Balaban J connectivity index is 2.41. The quantitative estimate of drug-likeness (QED) is 0.768. The topological polar surface area (TPSA) is 47.6 Å². The molecular weight excluding hydrogens is 230 g/mol. The summed E-state index contributed by atoms with van der Waals surface area (Å²) in [5.74, 6) is 1.53. The number of ether oxygens (including phenoxy) is 2. The van der Waals surface area contributed by atoms with Crippen molar-refractivity contribution < 1.29 is 14.3 Å². The van der Waals surface area contributed by atoms with E-state index in [2.05, 4.69) is 33.0 Å². The maximum Gasteiger partial charge on any atom is 0.216 e. The molecular formula is C14H27NO3. The minimum absolute atomic E-state index is 0.0235. The van der Waals surface area contributed by atoms with E-state index >= 15 is 0 Å². The molecule has 1 aliphatic heterocycles. The van der Waals surface area contributed by atoms with Gasteiger partial charge in [0.2, 0.25) is 5.91 Å². The third-order valence-electron chi connectivity index (χ3n) is 4.14. The summed E-state index contributed by atoms with van der Waals surface area (Å²) in [7, 11) is 0. The molecule has 1 rings (SSSR count). The van der Waals surface area contributed by atoms with E-state index in [1.807, 2.05) is 0 Å². The van der Waals surface area contributed by atoms with Gasteiger partial charge < -0.3 is 14.8 Å². The largest absolute Gasteiger partial charge is 0.354 e. The average molecular weight is 257 g/mol. The lowest BCUT2D eigenvalue weighted by atomic mass is 9.78. The van der Waals surface area contributed by atoms with Gasteiger partial charge in [-0.3, -0.25) is 4.79 Å². The first-order chi connectivity index (χ1) is 8.47. The lowest BCUT2D eigenvalue weighted by molar-refractivity contribution is -0.247. The lowest BCUT2D eigenvalue weighted by Crippen LogP contribution is -2.46. The molecule has 1 heterocycles. The Labute approximate surface area is 110 Å². The maximum absolute atomic E-state index is 10.8. The van der Waals surface area contributed by atoms with Crippen LogP contribution in [0, 0.1) is 17.8 Å². The van der Waals surface area contributed by atoms with Gasteiger partial charge in [-0.1, -0.05) is 27.7 Å². The second kappa shape index (κ2) is 7.10. The molecule has 0 saturated carbocycles. The van der Waals surface area contributed by atoms with E-state index in [1.54, 1.807) is 0 Å². The van der Waals surface area contributed by atoms with Crippen LogP contribution in [0.5, 0.6) is 0 Å². The summed E-state index contributed by atoms with van der Waals surface area (Å²) < 4.78 is 11.8. The highest BCUT2D eigenvalue weighted by molar-refractivity contribution is 5.72. The predicted molar refractivity (Wildman–Crippen MR) is 71.1 cm³/mol. The maximum atomic E-state index is 10.8. The molecule has 1 amide bonds. The summed E-state index contributed by atoms with van der Waals surface area (Å²) in [6.45, 7) is 11.4. The van der Waals surface area contributed by atoms with Crippen LogP contribution in [0.15, 0.2) is 0 Å². The van der Waals surface area contributed by atoms with Gasteiger partial charge >= 0.3 is 0 Å². The van der Waals surface area contributed by atoms with Crippen molar-refractivity contribution in [1.82, 2.24) is 5.32 Å². The Kier molecular flexibility index (Phi) is 6.09. The molecule has 4 heteroatoms. The van der Waals surface area contributed by atoms with Crippen molar-refractivity contribution in [2.75, 3.05) is 13.2 Å². The highest BCUT2D eigenvalue weighted by atomic mass is 16.7. The number of nitrogens with one attached hydrogen (secondary N) is 1. The van der Waals surface area contributed by atoms with E-state index in [1.165, 1.54) is 6.92 Å². The summed E-state index contributed by atoms with van der Waals surface area (Å²) in [5, 5.41) is 2.73. The van der Waals surface area contributed by atoms with Crippen LogP contribution in [0.4, 0.5) is 0 Å². The molecule has 0 aromatic carbocycles. The molecule has 1 N–H and O–H groups in total. The Hall–Kier alpha value is -0.610. The van der Waals surface area contributed by atoms with E-state index in [0.717, 1.165) is 6.42 Å². The summed E-state index contributed by atoms with van der Waals surface area (Å²) >= 11 is 0. The highest BCUT2D eigenvalue weighted by Crippen LogP contribution is 2.36. The minimum Gasteiger partial charge on any atom is -0.354 e. The van der Waals surface area contributed by atoms with Crippen LogP contribution >= 0.6 is 0 Å². The van der Waals surface area contributed by atoms with Crippen molar-refractivity contribution in [3.05, 3.63) is 0 Å². The molecule has 0 spiro atoms. The molecule has 5 atom stereocenters. The molecule has 18 heavy (non-hydrogen) atoms. The van der Waals surface area contributed by atoms with Gasteiger partial charge in [-0.25, -0.2) is 0 Å². The Morgan fingerprint density at radius 1 is 1.22 bits per heavy atom. The van der Waals surface area contributed by atoms with Crippen molar-refractivity contribution in [3.63, 3.8) is 0 Å². The average Bonchev–Trinajstić information content (AvgIpc) is 2.34. The summed E-state index contributed by atoms with van der Waals surface area (Å²) in [6.07, 6.45) is 1.15. The van der Waals surface area contributed by atoms with Gasteiger partial charge in [0.1, 0.15) is 0 Å². The van der Waals surface area contributed by atoms with Crippen molar-refractivity contribution in [3.8, 4) is 0 Å². The molecule has 0 radical (unpaired) electrons. The molecule has 4 nitrogen and oxygen atoms in total. The van der Waals surface area contributed by atoms with Gasteiger partial charge in [-0.15, -0.1) is 0 Å². The van der Waals surface area contributed by atoms with Gasteiger partial charge in [-0.05, 0) is 18.3 Å². The lowest BCUT2D eigenvalue weighted by Gasteiger charge is -2.43. The zero-order valence-electron chi connectivity index (χ0n) is 12.2. The van der Waals surface area contributed by atoms with Crippen LogP contribution in [0.1, 0.15) is 41.0 Å². The van der Waals surface area contributed by atoms with Crippen molar-refractivity contribution >= 4 is 5.91 Å². The zero-order chi connectivity index (χ0) is 13.7. The minimum atomic E-state index is -0.144. The third kappa shape index (κ3) is 3.95. The predicted octanol–water partition coefficient (Wildman–Crippen LogP) is 2.18. The van der Waals surface area contributed by atoms with Gasteiger partial charge in [0.15, 0.2) is 6.29 Å². The van der Waals surface area contributed by atoms with E-state index in [4.69, 9.17) is 9.47 Å². The van der Waals surface area contributed by atoms with Crippen LogP contribution in [0.25, 0.3) is 0 Å². The van der Waals surface area contributed by atoms with E-state index < -0.39 is 0 Å². The molecule has 0 aromatic heterocycles. The fourth-order valence-electron chi connectivity index (χ4n) is 2.55. The van der Waals surface area contributed by atoms with Crippen molar-refractivity contribution in [2.45, 2.75) is 53.4 Å². The molecule has 1 aliphatic rings. The molecule has 1 saturated heterocycles. The molecule has 0 bridgehead atoms. The highest BCUT2D eigenvalue weighted by Gasteiger charge is 2.38. The van der Waals surface area contributed by atoms with Crippen LogP contribution in [0.3, 0.4) is 0 Å². The summed E-state index contributed by atoms with van der Waals surface area (Å²) in [5.41, 5.74) is 0. The Morgan fingerprint density at radius 3 is 2.44 bits per heavy atom. The standard InChI is InChI=1S/C14H27NO3/c1-6-13-10(3)9(2)11(4)14(18-13)17-8-7-15-12(5)16/h9-11,13-14H,6-8H2,1-5H3,(H,15,16)/t9?,10-,11-,13?,14+/m1/s1. The second-order valence-corrected chi connectivity index (χ2v) is 5.38. The number of amides is 1. The van der Waals surface area contributed by atoms with Crippen molar-refractivity contribution in [1.29, 1.82) is 0 Å². The van der Waals surface area contributed by atoms with E-state index in [-0.39, 0.29) is 18.3 Å². The monoisotopic (exact) mass is 257 g/mol. The number of hydrogen-bond acceptors (Lipinski definition) is 3. The molecule has 0 aromatic rings. The van der Waals surface area contributed by atoms with Crippen LogP contribution in [0.2, 0.25) is 0 Å². The number of carbonyl (C=O) groups excluding carboxylic acids is 1. The zero-order valence-corrected chi connectivity index (χ0v) is 12.2. The molecule has 2 unspecified atom stereocenters. The van der Waals surface area contributed by atoms with Crippen LogP contribution < -0.4 is 5.32 Å². The second-order valence-electron chi connectivity index (χ2n) is 5.38. The van der Waals surface area contributed by atoms with Gasteiger partial charge in [0, 0.05) is 19.4 Å². The number of carbonyl (C=O) groups is 1. The smallest absolute Gasteiger partial charge is 0.216 e. The van der Waals surface area contributed by atoms with Crippen LogP contribution in [-0.2, 0) is 14.3 Å².